The van der Waals surface area contributed by atoms with Gasteiger partial charge in [0.05, 0.1) is 13.2 Å². The summed E-state index contributed by atoms with van der Waals surface area (Å²) in [6.45, 7) is 1.71. The second-order valence-electron chi connectivity index (χ2n) is 7.60. The number of imide groups is 1. The number of carbonyl (C=O) groups is 3. The van der Waals surface area contributed by atoms with Crippen LogP contribution < -0.4 is 10.1 Å². The van der Waals surface area contributed by atoms with Crippen LogP contribution in [0.25, 0.3) is 0 Å². The summed E-state index contributed by atoms with van der Waals surface area (Å²) in [6.07, 6.45) is 4.94. The van der Waals surface area contributed by atoms with Gasteiger partial charge < -0.3 is 15.0 Å². The van der Waals surface area contributed by atoms with E-state index in [-0.39, 0.29) is 30.4 Å². The molecule has 4 amide bonds. The van der Waals surface area contributed by atoms with Crippen molar-refractivity contribution >= 4 is 17.8 Å². The largest absolute Gasteiger partial charge is 0.496 e. The Hall–Kier alpha value is -2.57. The van der Waals surface area contributed by atoms with E-state index in [1.165, 1.54) is 0 Å². The van der Waals surface area contributed by atoms with Gasteiger partial charge in [0, 0.05) is 12.6 Å². The van der Waals surface area contributed by atoms with Gasteiger partial charge in [-0.05, 0) is 25.3 Å². The molecular formula is C21H29N3O4. The monoisotopic (exact) mass is 387 g/mol. The minimum Gasteiger partial charge on any atom is -0.496 e. The highest BCUT2D eigenvalue weighted by molar-refractivity contribution is 6.09. The zero-order valence-electron chi connectivity index (χ0n) is 16.9. The van der Waals surface area contributed by atoms with Gasteiger partial charge in [0.25, 0.3) is 5.91 Å². The first kappa shape index (κ1) is 20.2. The number of carbonyl (C=O) groups excluding carboxylic acids is 3. The molecule has 28 heavy (non-hydrogen) atoms. The first-order valence-electron chi connectivity index (χ1n) is 9.96. The van der Waals surface area contributed by atoms with Crippen LogP contribution in [0.2, 0.25) is 0 Å². The van der Waals surface area contributed by atoms with E-state index in [4.69, 9.17) is 4.74 Å². The standard InChI is InChI=1S/C21H29N3O4/c1-4-16(15-10-6-7-11-17(15)28-3)22-18(25)14-24-19(26)21(23(2)20(24)27)12-8-5-9-13-21/h6-7,10-11,16H,4-5,8-9,12-14H2,1-3H3,(H,22,25). The summed E-state index contributed by atoms with van der Waals surface area (Å²) in [4.78, 5) is 41.1. The van der Waals surface area contributed by atoms with Crippen LogP contribution in [0.15, 0.2) is 24.3 Å². The van der Waals surface area contributed by atoms with Crippen LogP contribution >= 0.6 is 0 Å². The number of benzene rings is 1. The lowest BCUT2D eigenvalue weighted by Crippen LogP contribution is -2.49. The molecule has 2 fully saturated rings. The number of rotatable bonds is 6. The minimum absolute atomic E-state index is 0.236. The Bertz CT molecular complexity index is 758. The van der Waals surface area contributed by atoms with E-state index in [1.807, 2.05) is 31.2 Å². The number of para-hydroxylation sites is 1. The van der Waals surface area contributed by atoms with Gasteiger partial charge in [-0.2, -0.15) is 0 Å². The summed E-state index contributed by atoms with van der Waals surface area (Å²) in [5, 5.41) is 2.95. The van der Waals surface area contributed by atoms with Gasteiger partial charge in [-0.3, -0.25) is 14.5 Å². The van der Waals surface area contributed by atoms with Crippen molar-refractivity contribution in [3.05, 3.63) is 29.8 Å². The van der Waals surface area contributed by atoms with Gasteiger partial charge in [0.2, 0.25) is 5.91 Å². The van der Waals surface area contributed by atoms with Gasteiger partial charge in [0.1, 0.15) is 17.8 Å². The molecule has 1 heterocycles. The molecule has 1 unspecified atom stereocenters. The van der Waals surface area contributed by atoms with Crippen LogP contribution in [0.3, 0.4) is 0 Å². The molecule has 1 aliphatic heterocycles. The maximum atomic E-state index is 13.0. The first-order chi connectivity index (χ1) is 13.4. The predicted octanol–water partition coefficient (Wildman–Crippen LogP) is 2.86. The quantitative estimate of drug-likeness (QED) is 0.762. The summed E-state index contributed by atoms with van der Waals surface area (Å²) in [7, 11) is 3.27. The molecule has 1 aromatic rings. The summed E-state index contributed by atoms with van der Waals surface area (Å²) < 4.78 is 5.39. The number of amides is 4. The number of nitrogens with zero attached hydrogens (tertiary/aromatic N) is 2. The molecule has 7 nitrogen and oxygen atoms in total. The molecule has 7 heteroatoms. The second kappa shape index (κ2) is 8.20. The fraction of sp³-hybridized carbons (Fsp3) is 0.571. The Kier molecular flexibility index (Phi) is 5.91. The molecule has 1 atom stereocenters. The molecule has 0 radical (unpaired) electrons. The van der Waals surface area contributed by atoms with E-state index in [0.29, 0.717) is 25.0 Å². The van der Waals surface area contributed by atoms with Crippen LogP contribution in [0.5, 0.6) is 5.75 Å². The lowest BCUT2D eigenvalue weighted by Gasteiger charge is -2.35. The Morgan fingerprint density at radius 3 is 2.54 bits per heavy atom. The van der Waals surface area contributed by atoms with E-state index >= 15 is 0 Å². The van der Waals surface area contributed by atoms with E-state index in [9.17, 15) is 14.4 Å². The fourth-order valence-electron chi connectivity index (χ4n) is 4.41. The number of urea groups is 1. The Morgan fingerprint density at radius 2 is 1.89 bits per heavy atom. The maximum absolute atomic E-state index is 13.0. The van der Waals surface area contributed by atoms with Gasteiger partial charge in [0.15, 0.2) is 0 Å². The fourth-order valence-corrected chi connectivity index (χ4v) is 4.41. The molecule has 152 valence electrons. The highest BCUT2D eigenvalue weighted by Crippen LogP contribution is 2.39. The second-order valence-corrected chi connectivity index (χ2v) is 7.60. The summed E-state index contributed by atoms with van der Waals surface area (Å²) in [5.41, 5.74) is 0.114. The molecule has 1 spiro atoms. The SMILES string of the molecule is CCC(NC(=O)CN1C(=O)N(C)C2(CCCCC2)C1=O)c1ccccc1OC. The van der Waals surface area contributed by atoms with Crippen molar-refractivity contribution < 1.29 is 19.1 Å². The average Bonchev–Trinajstić information content (AvgIpc) is 2.89. The van der Waals surface area contributed by atoms with Crippen LogP contribution in [0, 0.1) is 0 Å². The van der Waals surface area contributed by atoms with Gasteiger partial charge in [-0.1, -0.05) is 44.4 Å². The maximum Gasteiger partial charge on any atom is 0.327 e. The number of ether oxygens (including phenoxy) is 1. The molecule has 2 aliphatic rings. The Morgan fingerprint density at radius 1 is 1.21 bits per heavy atom. The Balaban J connectivity index is 1.72. The predicted molar refractivity (Wildman–Crippen MR) is 105 cm³/mol. The highest BCUT2D eigenvalue weighted by Gasteiger charge is 2.55. The highest BCUT2D eigenvalue weighted by atomic mass is 16.5. The van der Waals surface area contributed by atoms with Crippen molar-refractivity contribution in [3.8, 4) is 5.75 Å². The van der Waals surface area contributed by atoms with Crippen molar-refractivity contribution in [2.75, 3.05) is 20.7 Å². The number of methoxy groups -OCH3 is 1. The third-order valence-corrected chi connectivity index (χ3v) is 6.04. The van der Waals surface area contributed by atoms with Crippen LogP contribution in [-0.2, 0) is 9.59 Å². The zero-order valence-corrected chi connectivity index (χ0v) is 16.9. The molecule has 3 rings (SSSR count). The number of nitrogens with one attached hydrogen (secondary N) is 1. The molecule has 0 aromatic heterocycles. The number of hydrogen-bond acceptors (Lipinski definition) is 4. The van der Waals surface area contributed by atoms with Gasteiger partial charge in [-0.15, -0.1) is 0 Å². The normalized spacial score (nSPS) is 19.8. The molecule has 1 N–H and O–H groups in total. The molecule has 1 aromatic carbocycles. The van der Waals surface area contributed by atoms with Crippen molar-refractivity contribution in [3.63, 3.8) is 0 Å². The minimum atomic E-state index is -0.761. The molecular weight excluding hydrogens is 358 g/mol. The summed E-state index contributed by atoms with van der Waals surface area (Å²) >= 11 is 0. The van der Waals surface area contributed by atoms with Crippen molar-refractivity contribution in [2.45, 2.75) is 57.0 Å². The smallest absolute Gasteiger partial charge is 0.327 e. The lowest BCUT2D eigenvalue weighted by atomic mass is 9.81. The molecule has 1 saturated carbocycles. The van der Waals surface area contributed by atoms with Crippen molar-refractivity contribution in [1.82, 2.24) is 15.1 Å². The summed E-state index contributed by atoms with van der Waals surface area (Å²) in [5.74, 6) is 0.116. The average molecular weight is 387 g/mol. The van der Waals surface area contributed by atoms with Crippen LogP contribution in [0.4, 0.5) is 4.79 Å². The van der Waals surface area contributed by atoms with Crippen LogP contribution in [-0.4, -0.2) is 53.9 Å². The van der Waals surface area contributed by atoms with E-state index < -0.39 is 5.54 Å². The molecule has 1 saturated heterocycles. The summed E-state index contributed by atoms with van der Waals surface area (Å²) in [6, 6.07) is 6.88. The molecule has 0 bridgehead atoms. The van der Waals surface area contributed by atoms with Crippen LogP contribution in [0.1, 0.15) is 57.1 Å². The number of hydrogen-bond donors (Lipinski definition) is 1. The third kappa shape index (κ3) is 3.45. The first-order valence-corrected chi connectivity index (χ1v) is 9.96. The van der Waals surface area contributed by atoms with E-state index in [0.717, 1.165) is 29.7 Å². The van der Waals surface area contributed by atoms with Gasteiger partial charge >= 0.3 is 6.03 Å². The third-order valence-electron chi connectivity index (χ3n) is 6.04. The van der Waals surface area contributed by atoms with E-state index in [1.54, 1.807) is 19.1 Å². The molecule has 1 aliphatic carbocycles. The lowest BCUT2D eigenvalue weighted by molar-refractivity contribution is -0.137. The topological polar surface area (TPSA) is 79.0 Å². The van der Waals surface area contributed by atoms with Crippen molar-refractivity contribution in [1.29, 1.82) is 0 Å². The Labute approximate surface area is 166 Å². The zero-order chi connectivity index (χ0) is 20.3. The van der Waals surface area contributed by atoms with Gasteiger partial charge in [-0.25, -0.2) is 4.79 Å². The number of likely N-dealkylation sites (N-methyl/N-ethyl adjacent to an activating group) is 1. The van der Waals surface area contributed by atoms with Crippen molar-refractivity contribution in [2.24, 2.45) is 0 Å². The van der Waals surface area contributed by atoms with E-state index in [2.05, 4.69) is 5.32 Å².